The number of hydrogen-bond donors (Lipinski definition) is 1. The number of nitrogens with one attached hydrogen (secondary N) is 1. The van der Waals surface area contributed by atoms with E-state index in [1.54, 1.807) is 12.1 Å². The van der Waals surface area contributed by atoms with Gasteiger partial charge in [-0.05, 0) is 24.3 Å². The Balaban J connectivity index is 1.36. The molecule has 1 aliphatic heterocycles. The van der Waals surface area contributed by atoms with Crippen molar-refractivity contribution in [2.75, 3.05) is 24.6 Å². The van der Waals surface area contributed by atoms with Crippen molar-refractivity contribution in [3.05, 3.63) is 54.5 Å². The van der Waals surface area contributed by atoms with Gasteiger partial charge in [0.1, 0.15) is 18.1 Å². The Morgan fingerprint density at radius 2 is 2.00 bits per heavy atom. The number of hydrogen-bond acceptors (Lipinski definition) is 5. The number of fused-ring (bicyclic) bond motifs is 2. The fourth-order valence-corrected chi connectivity index (χ4v) is 2.90. The van der Waals surface area contributed by atoms with Gasteiger partial charge in [0.15, 0.2) is 12.3 Å². The van der Waals surface area contributed by atoms with Crippen LogP contribution in [0, 0.1) is 0 Å². The number of carbonyl (C=O) groups is 2. The molecule has 0 aliphatic carbocycles. The zero-order valence-electron chi connectivity index (χ0n) is 14.0. The van der Waals surface area contributed by atoms with E-state index in [1.807, 2.05) is 40.9 Å². The number of amides is 2. The maximum atomic E-state index is 12.3. The molecular formula is C18H17N5O3. The summed E-state index contributed by atoms with van der Waals surface area (Å²) in [5, 5.41) is 11.0. The lowest BCUT2D eigenvalue weighted by Crippen LogP contribution is -2.45. The second-order valence-electron chi connectivity index (χ2n) is 5.88. The molecule has 0 atom stereocenters. The highest BCUT2D eigenvalue weighted by molar-refractivity contribution is 6.02. The summed E-state index contributed by atoms with van der Waals surface area (Å²) in [5.41, 5.74) is 1.38. The van der Waals surface area contributed by atoms with Crippen LogP contribution in [0.1, 0.15) is 5.82 Å². The smallest absolute Gasteiger partial charge is 0.265 e. The first kappa shape index (κ1) is 16.1. The van der Waals surface area contributed by atoms with E-state index in [4.69, 9.17) is 4.74 Å². The summed E-state index contributed by atoms with van der Waals surface area (Å²) in [6, 6.07) is 12.9. The molecule has 0 saturated heterocycles. The van der Waals surface area contributed by atoms with Crippen LogP contribution in [0.2, 0.25) is 0 Å². The number of rotatable bonds is 5. The van der Waals surface area contributed by atoms with Crippen molar-refractivity contribution in [1.29, 1.82) is 0 Å². The number of ether oxygens (including phenoxy) is 1. The van der Waals surface area contributed by atoms with E-state index < -0.39 is 0 Å². The predicted molar refractivity (Wildman–Crippen MR) is 94.0 cm³/mol. The molecule has 4 rings (SSSR count). The number of carbonyl (C=O) groups excluding carboxylic acids is 2. The van der Waals surface area contributed by atoms with Crippen LogP contribution in [0.25, 0.3) is 5.65 Å². The lowest BCUT2D eigenvalue weighted by molar-refractivity contribution is -0.125. The fraction of sp³-hybridized carbons (Fsp3) is 0.222. The standard InChI is InChI=1S/C18H17N5O3/c24-17(11-23-13-5-1-2-6-14(13)26-12-18(23)25)19-9-8-16-21-20-15-7-3-4-10-22(15)16/h1-7,10H,8-9,11-12H2,(H,19,24). The van der Waals surface area contributed by atoms with Crippen molar-refractivity contribution in [2.24, 2.45) is 0 Å². The van der Waals surface area contributed by atoms with Gasteiger partial charge in [-0.2, -0.15) is 0 Å². The van der Waals surface area contributed by atoms with E-state index in [2.05, 4.69) is 15.5 Å². The van der Waals surface area contributed by atoms with Crippen molar-refractivity contribution in [3.8, 4) is 5.75 Å². The SMILES string of the molecule is O=C(CN1C(=O)COc2ccccc21)NCCc1nnc2ccccn12. The van der Waals surface area contributed by atoms with Crippen LogP contribution in [0.4, 0.5) is 5.69 Å². The van der Waals surface area contributed by atoms with E-state index in [0.29, 0.717) is 24.4 Å². The van der Waals surface area contributed by atoms with Crippen molar-refractivity contribution in [2.45, 2.75) is 6.42 Å². The molecule has 2 aromatic heterocycles. The van der Waals surface area contributed by atoms with Gasteiger partial charge < -0.3 is 10.1 Å². The highest BCUT2D eigenvalue weighted by Gasteiger charge is 2.26. The summed E-state index contributed by atoms with van der Waals surface area (Å²) in [6.07, 6.45) is 2.43. The second-order valence-corrected chi connectivity index (χ2v) is 5.88. The van der Waals surface area contributed by atoms with E-state index >= 15 is 0 Å². The molecule has 8 nitrogen and oxygen atoms in total. The molecule has 0 saturated carbocycles. The van der Waals surface area contributed by atoms with Gasteiger partial charge in [-0.15, -0.1) is 10.2 Å². The second kappa shape index (κ2) is 6.83. The van der Waals surface area contributed by atoms with E-state index in [-0.39, 0.29) is 25.0 Å². The van der Waals surface area contributed by atoms with E-state index in [0.717, 1.165) is 11.5 Å². The Morgan fingerprint density at radius 1 is 1.15 bits per heavy atom. The average Bonchev–Trinajstić information content (AvgIpc) is 3.07. The lowest BCUT2D eigenvalue weighted by atomic mass is 10.2. The van der Waals surface area contributed by atoms with Crippen LogP contribution in [-0.2, 0) is 16.0 Å². The molecule has 0 fully saturated rings. The molecule has 3 aromatic rings. The average molecular weight is 351 g/mol. The summed E-state index contributed by atoms with van der Waals surface area (Å²) < 4.78 is 7.26. The number of nitrogens with zero attached hydrogens (tertiary/aromatic N) is 4. The molecular weight excluding hydrogens is 334 g/mol. The molecule has 8 heteroatoms. The summed E-state index contributed by atoms with van der Waals surface area (Å²) >= 11 is 0. The van der Waals surface area contributed by atoms with Crippen molar-refractivity contribution >= 4 is 23.1 Å². The molecule has 132 valence electrons. The molecule has 0 spiro atoms. The Bertz CT molecular complexity index is 968. The minimum atomic E-state index is -0.234. The lowest BCUT2D eigenvalue weighted by Gasteiger charge is -2.28. The molecule has 0 unspecified atom stereocenters. The predicted octanol–water partition coefficient (Wildman–Crippen LogP) is 0.814. The van der Waals surface area contributed by atoms with Crippen LogP contribution >= 0.6 is 0 Å². The first-order valence-corrected chi connectivity index (χ1v) is 8.30. The van der Waals surface area contributed by atoms with Gasteiger partial charge in [-0.3, -0.25) is 18.9 Å². The quantitative estimate of drug-likeness (QED) is 0.735. The third-order valence-corrected chi connectivity index (χ3v) is 4.17. The molecule has 0 bridgehead atoms. The number of aromatic nitrogens is 3. The number of benzene rings is 1. The molecule has 2 amide bonds. The fourth-order valence-electron chi connectivity index (χ4n) is 2.90. The third-order valence-electron chi connectivity index (χ3n) is 4.17. The molecule has 0 radical (unpaired) electrons. The van der Waals surface area contributed by atoms with E-state index in [1.165, 1.54) is 4.90 Å². The van der Waals surface area contributed by atoms with Gasteiger partial charge in [0.25, 0.3) is 5.91 Å². The monoisotopic (exact) mass is 351 g/mol. The summed E-state index contributed by atoms with van der Waals surface area (Å²) in [4.78, 5) is 25.8. The van der Waals surface area contributed by atoms with Gasteiger partial charge >= 0.3 is 0 Å². The van der Waals surface area contributed by atoms with Gasteiger partial charge in [0.2, 0.25) is 5.91 Å². The zero-order chi connectivity index (χ0) is 17.9. The molecule has 26 heavy (non-hydrogen) atoms. The largest absolute Gasteiger partial charge is 0.482 e. The Hall–Kier alpha value is -3.42. The van der Waals surface area contributed by atoms with E-state index in [9.17, 15) is 9.59 Å². The van der Waals surface area contributed by atoms with Crippen molar-refractivity contribution in [1.82, 2.24) is 19.9 Å². The summed E-state index contributed by atoms with van der Waals surface area (Å²) in [7, 11) is 0. The minimum Gasteiger partial charge on any atom is -0.482 e. The molecule has 3 heterocycles. The number of para-hydroxylation sites is 2. The van der Waals surface area contributed by atoms with Gasteiger partial charge in [0.05, 0.1) is 5.69 Å². The number of pyridine rings is 1. The summed E-state index contributed by atoms with van der Waals surface area (Å²) in [5.74, 6) is 0.912. The third kappa shape index (κ3) is 3.08. The highest BCUT2D eigenvalue weighted by atomic mass is 16.5. The van der Waals surface area contributed by atoms with Gasteiger partial charge in [0, 0.05) is 19.2 Å². The van der Waals surface area contributed by atoms with Crippen LogP contribution in [0.5, 0.6) is 5.75 Å². The maximum absolute atomic E-state index is 12.3. The Morgan fingerprint density at radius 3 is 2.92 bits per heavy atom. The normalized spacial score (nSPS) is 13.4. The first-order chi connectivity index (χ1) is 12.7. The first-order valence-electron chi connectivity index (χ1n) is 8.30. The summed E-state index contributed by atoms with van der Waals surface area (Å²) in [6.45, 7) is 0.310. The molecule has 1 aromatic carbocycles. The Kier molecular flexibility index (Phi) is 4.22. The van der Waals surface area contributed by atoms with Crippen LogP contribution in [0.15, 0.2) is 48.7 Å². The molecule has 1 N–H and O–H groups in total. The van der Waals surface area contributed by atoms with Crippen LogP contribution < -0.4 is 15.0 Å². The van der Waals surface area contributed by atoms with Crippen LogP contribution in [-0.4, -0.2) is 46.1 Å². The van der Waals surface area contributed by atoms with Gasteiger partial charge in [-0.25, -0.2) is 0 Å². The van der Waals surface area contributed by atoms with Crippen LogP contribution in [0.3, 0.4) is 0 Å². The van der Waals surface area contributed by atoms with Crippen molar-refractivity contribution < 1.29 is 14.3 Å². The maximum Gasteiger partial charge on any atom is 0.265 e. The topological polar surface area (TPSA) is 88.8 Å². The zero-order valence-corrected chi connectivity index (χ0v) is 14.0. The molecule has 1 aliphatic rings. The van der Waals surface area contributed by atoms with Gasteiger partial charge in [-0.1, -0.05) is 18.2 Å². The highest BCUT2D eigenvalue weighted by Crippen LogP contribution is 2.31. The minimum absolute atomic E-state index is 0.0419. The Labute approximate surface area is 149 Å². The van der Waals surface area contributed by atoms with Crippen molar-refractivity contribution in [3.63, 3.8) is 0 Å². The number of anilines is 1.